The van der Waals surface area contributed by atoms with E-state index in [2.05, 4.69) is 5.32 Å². The van der Waals surface area contributed by atoms with Crippen molar-refractivity contribution >= 4 is 12.1 Å². The predicted octanol–water partition coefficient (Wildman–Crippen LogP) is 3.96. The number of unbranched alkanes of at least 4 members (excludes halogenated alkanes) is 5. The third kappa shape index (κ3) is 13.5. The third-order valence-electron chi connectivity index (χ3n) is 3.15. The zero-order valence-corrected chi connectivity index (χ0v) is 13.9. The first-order valence-electron chi connectivity index (χ1n) is 7.92. The second kappa shape index (κ2) is 10.5. The van der Waals surface area contributed by atoms with E-state index in [9.17, 15) is 9.59 Å². The Kier molecular flexibility index (Phi) is 9.84. The van der Waals surface area contributed by atoms with E-state index in [1.54, 1.807) is 6.92 Å². The van der Waals surface area contributed by atoms with E-state index in [-0.39, 0.29) is 12.0 Å². The molecule has 0 aromatic heterocycles. The largest absolute Gasteiger partial charge is 0.481 e. The summed E-state index contributed by atoms with van der Waals surface area (Å²) in [7, 11) is 0. The van der Waals surface area contributed by atoms with Crippen molar-refractivity contribution in [2.75, 3.05) is 6.54 Å². The molecule has 21 heavy (non-hydrogen) atoms. The Balaban J connectivity index is 3.34. The molecule has 0 aromatic carbocycles. The number of ether oxygens (including phenoxy) is 1. The van der Waals surface area contributed by atoms with Gasteiger partial charge in [-0.15, -0.1) is 0 Å². The van der Waals surface area contributed by atoms with E-state index >= 15 is 0 Å². The number of carbonyl (C=O) groups excluding carboxylic acids is 1. The summed E-state index contributed by atoms with van der Waals surface area (Å²) in [6.45, 7) is 7.93. The zero-order chi connectivity index (χ0) is 16.3. The fraction of sp³-hybridized carbons (Fsp3) is 0.875. The van der Waals surface area contributed by atoms with E-state index in [4.69, 9.17) is 9.84 Å². The average Bonchev–Trinajstić information content (AvgIpc) is 2.34. The predicted molar refractivity (Wildman–Crippen MR) is 83.4 cm³/mol. The second-order valence-electron chi connectivity index (χ2n) is 6.58. The molecule has 5 nitrogen and oxygen atoms in total. The fourth-order valence-corrected chi connectivity index (χ4v) is 1.91. The molecule has 0 heterocycles. The minimum absolute atomic E-state index is 0.233. The molecule has 0 aliphatic heterocycles. The van der Waals surface area contributed by atoms with Crippen LogP contribution in [0.2, 0.25) is 0 Å². The lowest BCUT2D eigenvalue weighted by Gasteiger charge is -2.19. The molecule has 0 radical (unpaired) electrons. The van der Waals surface area contributed by atoms with Crippen molar-refractivity contribution in [2.24, 2.45) is 5.92 Å². The third-order valence-corrected chi connectivity index (χ3v) is 3.15. The van der Waals surface area contributed by atoms with Crippen molar-refractivity contribution in [3.05, 3.63) is 0 Å². The Hall–Kier alpha value is -1.26. The molecule has 1 amide bonds. The Morgan fingerprint density at radius 1 is 1.05 bits per heavy atom. The zero-order valence-electron chi connectivity index (χ0n) is 13.9. The average molecular weight is 301 g/mol. The van der Waals surface area contributed by atoms with E-state index in [0.717, 1.165) is 44.9 Å². The molecule has 0 fully saturated rings. The first-order chi connectivity index (χ1) is 9.72. The van der Waals surface area contributed by atoms with Gasteiger partial charge >= 0.3 is 12.1 Å². The van der Waals surface area contributed by atoms with Crippen LogP contribution in [0.15, 0.2) is 0 Å². The van der Waals surface area contributed by atoms with Crippen LogP contribution < -0.4 is 5.32 Å². The maximum absolute atomic E-state index is 11.4. The SMILES string of the molecule is CC(CCCCCCCCNC(=O)OC(C)(C)C)C(=O)O. The van der Waals surface area contributed by atoms with Crippen LogP contribution in [-0.4, -0.2) is 29.3 Å². The molecule has 1 atom stereocenters. The summed E-state index contributed by atoms with van der Waals surface area (Å²) < 4.78 is 5.14. The van der Waals surface area contributed by atoms with Gasteiger partial charge in [-0.1, -0.05) is 39.0 Å². The normalized spacial score (nSPS) is 12.8. The van der Waals surface area contributed by atoms with E-state index < -0.39 is 11.6 Å². The van der Waals surface area contributed by atoms with Gasteiger partial charge in [0.05, 0.1) is 5.92 Å². The quantitative estimate of drug-likeness (QED) is 0.599. The van der Waals surface area contributed by atoms with Gasteiger partial charge in [-0.2, -0.15) is 0 Å². The van der Waals surface area contributed by atoms with Crippen LogP contribution in [0.4, 0.5) is 4.79 Å². The highest BCUT2D eigenvalue weighted by Gasteiger charge is 2.15. The van der Waals surface area contributed by atoms with Crippen molar-refractivity contribution in [1.29, 1.82) is 0 Å². The number of aliphatic carboxylic acids is 1. The van der Waals surface area contributed by atoms with Crippen molar-refractivity contribution in [1.82, 2.24) is 5.32 Å². The van der Waals surface area contributed by atoms with Crippen molar-refractivity contribution < 1.29 is 19.4 Å². The van der Waals surface area contributed by atoms with Crippen LogP contribution in [-0.2, 0) is 9.53 Å². The lowest BCUT2D eigenvalue weighted by Crippen LogP contribution is -2.32. The molecule has 0 bridgehead atoms. The molecule has 1 unspecified atom stereocenters. The first kappa shape index (κ1) is 19.7. The number of carboxylic acids is 1. The van der Waals surface area contributed by atoms with Crippen LogP contribution in [0.5, 0.6) is 0 Å². The standard InChI is InChI=1S/C16H31NO4/c1-13(14(18)19)11-9-7-5-6-8-10-12-17-15(20)21-16(2,3)4/h13H,5-12H2,1-4H3,(H,17,20)(H,18,19). The number of amides is 1. The Morgan fingerprint density at radius 3 is 2.10 bits per heavy atom. The monoisotopic (exact) mass is 301 g/mol. The molecule has 0 aromatic rings. The van der Waals surface area contributed by atoms with Crippen LogP contribution in [0.3, 0.4) is 0 Å². The molecule has 0 aliphatic carbocycles. The number of nitrogens with one attached hydrogen (secondary N) is 1. The van der Waals surface area contributed by atoms with E-state index in [1.165, 1.54) is 0 Å². The summed E-state index contributed by atoms with van der Waals surface area (Å²) in [6, 6.07) is 0. The second-order valence-corrected chi connectivity index (χ2v) is 6.58. The van der Waals surface area contributed by atoms with Crippen LogP contribution >= 0.6 is 0 Å². The topological polar surface area (TPSA) is 75.6 Å². The molecule has 0 saturated heterocycles. The highest BCUT2D eigenvalue weighted by atomic mass is 16.6. The van der Waals surface area contributed by atoms with Gasteiger partial charge in [0.15, 0.2) is 0 Å². The van der Waals surface area contributed by atoms with Gasteiger partial charge in [0.2, 0.25) is 0 Å². The van der Waals surface area contributed by atoms with Crippen molar-refractivity contribution in [3.63, 3.8) is 0 Å². The molecule has 0 aliphatic rings. The van der Waals surface area contributed by atoms with Gasteiger partial charge in [-0.3, -0.25) is 4.79 Å². The number of hydrogen-bond acceptors (Lipinski definition) is 3. The molecular weight excluding hydrogens is 270 g/mol. The van der Waals surface area contributed by atoms with Crippen LogP contribution in [0.25, 0.3) is 0 Å². The molecule has 0 spiro atoms. The number of rotatable bonds is 10. The first-order valence-corrected chi connectivity index (χ1v) is 7.92. The summed E-state index contributed by atoms with van der Waals surface area (Å²) in [5.41, 5.74) is -0.447. The highest BCUT2D eigenvalue weighted by Crippen LogP contribution is 2.12. The van der Waals surface area contributed by atoms with Gasteiger partial charge in [0.25, 0.3) is 0 Å². The van der Waals surface area contributed by atoms with Crippen molar-refractivity contribution in [2.45, 2.75) is 78.2 Å². The Labute approximate surface area is 128 Å². The maximum atomic E-state index is 11.4. The summed E-state index contributed by atoms with van der Waals surface area (Å²) in [5.74, 6) is -0.939. The Morgan fingerprint density at radius 2 is 1.57 bits per heavy atom. The van der Waals surface area contributed by atoms with Crippen molar-refractivity contribution in [3.8, 4) is 0 Å². The molecule has 0 saturated carbocycles. The molecule has 124 valence electrons. The molecular formula is C16H31NO4. The van der Waals surface area contributed by atoms with E-state index in [1.807, 2.05) is 20.8 Å². The number of hydrogen-bond donors (Lipinski definition) is 2. The summed E-state index contributed by atoms with van der Waals surface area (Å²) >= 11 is 0. The van der Waals surface area contributed by atoms with Crippen LogP contribution in [0, 0.1) is 5.92 Å². The maximum Gasteiger partial charge on any atom is 0.407 e. The number of carboxylic acid groups (broad SMARTS) is 1. The molecule has 0 rings (SSSR count). The highest BCUT2D eigenvalue weighted by molar-refractivity contribution is 5.69. The fourth-order valence-electron chi connectivity index (χ4n) is 1.91. The Bertz CT molecular complexity index is 310. The van der Waals surface area contributed by atoms with Gasteiger partial charge in [-0.05, 0) is 33.6 Å². The summed E-state index contributed by atoms with van der Waals surface area (Å²) in [5, 5.41) is 11.5. The molecule has 5 heteroatoms. The molecule has 2 N–H and O–H groups in total. The minimum atomic E-state index is -0.705. The summed E-state index contributed by atoms with van der Waals surface area (Å²) in [6.07, 6.45) is 6.73. The van der Waals surface area contributed by atoms with Crippen LogP contribution in [0.1, 0.15) is 72.6 Å². The van der Waals surface area contributed by atoms with Gasteiger partial charge in [0.1, 0.15) is 5.60 Å². The number of alkyl carbamates (subject to hydrolysis) is 1. The number of carbonyl (C=O) groups is 2. The van der Waals surface area contributed by atoms with E-state index in [0.29, 0.717) is 6.54 Å². The lowest BCUT2D eigenvalue weighted by molar-refractivity contribution is -0.141. The van der Waals surface area contributed by atoms with Gasteiger partial charge < -0.3 is 15.2 Å². The van der Waals surface area contributed by atoms with Gasteiger partial charge in [0, 0.05) is 6.54 Å². The van der Waals surface area contributed by atoms with Gasteiger partial charge in [-0.25, -0.2) is 4.79 Å². The smallest absolute Gasteiger partial charge is 0.407 e. The minimum Gasteiger partial charge on any atom is -0.481 e. The lowest BCUT2D eigenvalue weighted by atomic mass is 10.0. The summed E-state index contributed by atoms with van der Waals surface area (Å²) in [4.78, 5) is 22.0.